The van der Waals surface area contributed by atoms with Crippen LogP contribution in [0.5, 0.6) is 0 Å². The van der Waals surface area contributed by atoms with Gasteiger partial charge in [-0.1, -0.05) is 19.3 Å². The van der Waals surface area contributed by atoms with Gasteiger partial charge in [0.25, 0.3) is 0 Å². The first-order chi connectivity index (χ1) is 10.8. The molecule has 0 aromatic carbocycles. The van der Waals surface area contributed by atoms with Crippen LogP contribution in [0.1, 0.15) is 44.9 Å². The number of rotatable bonds is 4. The van der Waals surface area contributed by atoms with Gasteiger partial charge in [-0.2, -0.15) is 0 Å². The summed E-state index contributed by atoms with van der Waals surface area (Å²) in [7, 11) is 0. The smallest absolute Gasteiger partial charge is 0.224 e. The Balaban J connectivity index is 1.58. The van der Waals surface area contributed by atoms with Crippen molar-refractivity contribution in [2.75, 3.05) is 45.9 Å². The Morgan fingerprint density at radius 1 is 1.18 bits per heavy atom. The van der Waals surface area contributed by atoms with Crippen LogP contribution in [0.2, 0.25) is 0 Å². The van der Waals surface area contributed by atoms with E-state index in [1.165, 1.54) is 32.1 Å². The third-order valence-corrected chi connectivity index (χ3v) is 5.73. The summed E-state index contributed by atoms with van der Waals surface area (Å²) >= 11 is 0. The summed E-state index contributed by atoms with van der Waals surface area (Å²) in [5.74, 6) is 0.421. The molecule has 1 aliphatic carbocycles. The fourth-order valence-corrected chi connectivity index (χ4v) is 4.32. The minimum atomic E-state index is 0.166. The molecule has 22 heavy (non-hydrogen) atoms. The zero-order valence-corrected chi connectivity index (χ0v) is 13.7. The zero-order chi connectivity index (χ0) is 15.3. The number of piperidine rings is 1. The molecule has 0 aromatic heterocycles. The van der Waals surface area contributed by atoms with Gasteiger partial charge in [-0.3, -0.25) is 9.69 Å². The second-order valence-corrected chi connectivity index (χ2v) is 7.15. The molecule has 2 aliphatic heterocycles. The number of morpholine rings is 1. The third-order valence-electron chi connectivity index (χ3n) is 5.73. The summed E-state index contributed by atoms with van der Waals surface area (Å²) in [6.07, 6.45) is 8.51. The zero-order valence-electron chi connectivity index (χ0n) is 13.7. The maximum absolute atomic E-state index is 12.5. The summed E-state index contributed by atoms with van der Waals surface area (Å²) < 4.78 is 5.52. The van der Waals surface area contributed by atoms with Crippen LogP contribution in [0.15, 0.2) is 0 Å². The number of nitrogens with one attached hydrogen (secondary N) is 2. The SMILES string of the molecule is O=C(NCC1(N2CCOCC2)CCCCC1)C1CCCNC1. The van der Waals surface area contributed by atoms with Crippen molar-refractivity contribution in [2.24, 2.45) is 5.92 Å². The first kappa shape index (κ1) is 16.2. The van der Waals surface area contributed by atoms with E-state index in [0.717, 1.165) is 58.8 Å². The molecule has 3 fully saturated rings. The van der Waals surface area contributed by atoms with Gasteiger partial charge in [0, 0.05) is 31.7 Å². The monoisotopic (exact) mass is 309 g/mol. The summed E-state index contributed by atoms with van der Waals surface area (Å²) in [4.78, 5) is 15.1. The van der Waals surface area contributed by atoms with Crippen LogP contribution in [0.25, 0.3) is 0 Å². The van der Waals surface area contributed by atoms with Gasteiger partial charge in [-0.05, 0) is 32.2 Å². The van der Waals surface area contributed by atoms with Crippen LogP contribution in [0.3, 0.4) is 0 Å². The van der Waals surface area contributed by atoms with Crippen molar-refractivity contribution in [1.82, 2.24) is 15.5 Å². The van der Waals surface area contributed by atoms with Crippen molar-refractivity contribution in [3.05, 3.63) is 0 Å². The van der Waals surface area contributed by atoms with E-state index in [0.29, 0.717) is 0 Å². The van der Waals surface area contributed by atoms with Crippen molar-refractivity contribution in [1.29, 1.82) is 0 Å². The fraction of sp³-hybridized carbons (Fsp3) is 0.941. The standard InChI is InChI=1S/C17H31N3O2/c21-16(15-5-4-8-18-13-15)19-14-17(6-2-1-3-7-17)20-9-11-22-12-10-20/h15,18H,1-14H2,(H,19,21). The molecule has 2 heterocycles. The van der Waals surface area contributed by atoms with Crippen LogP contribution in [-0.4, -0.2) is 62.3 Å². The molecule has 0 spiro atoms. The van der Waals surface area contributed by atoms with E-state index in [1.807, 2.05) is 0 Å². The highest BCUT2D eigenvalue weighted by molar-refractivity contribution is 5.79. The van der Waals surface area contributed by atoms with E-state index < -0.39 is 0 Å². The minimum absolute atomic E-state index is 0.166. The van der Waals surface area contributed by atoms with E-state index in [-0.39, 0.29) is 17.4 Å². The van der Waals surface area contributed by atoms with E-state index in [9.17, 15) is 4.79 Å². The van der Waals surface area contributed by atoms with Crippen LogP contribution >= 0.6 is 0 Å². The second kappa shape index (κ2) is 7.75. The molecule has 0 radical (unpaired) electrons. The Kier molecular flexibility index (Phi) is 5.71. The van der Waals surface area contributed by atoms with E-state index in [4.69, 9.17) is 4.74 Å². The number of amides is 1. The number of nitrogens with zero attached hydrogens (tertiary/aromatic N) is 1. The molecule has 2 N–H and O–H groups in total. The predicted octanol–water partition coefficient (Wildman–Crippen LogP) is 1.14. The van der Waals surface area contributed by atoms with Crippen LogP contribution < -0.4 is 10.6 Å². The fourth-order valence-electron chi connectivity index (χ4n) is 4.32. The molecular formula is C17H31N3O2. The molecule has 1 amide bonds. The quantitative estimate of drug-likeness (QED) is 0.818. The molecule has 126 valence electrons. The third kappa shape index (κ3) is 3.81. The van der Waals surface area contributed by atoms with Gasteiger partial charge in [-0.15, -0.1) is 0 Å². The number of ether oxygens (including phenoxy) is 1. The Hall–Kier alpha value is -0.650. The summed E-state index contributed by atoms with van der Waals surface area (Å²) in [5.41, 5.74) is 0.180. The van der Waals surface area contributed by atoms with Crippen LogP contribution in [0.4, 0.5) is 0 Å². The molecule has 3 rings (SSSR count). The number of hydrogen-bond acceptors (Lipinski definition) is 4. The van der Waals surface area contributed by atoms with Crippen LogP contribution in [0, 0.1) is 5.92 Å². The summed E-state index contributed by atoms with van der Waals surface area (Å²) in [5, 5.41) is 6.64. The number of carbonyl (C=O) groups is 1. The number of hydrogen-bond donors (Lipinski definition) is 2. The average molecular weight is 309 g/mol. The van der Waals surface area contributed by atoms with Gasteiger partial charge in [-0.25, -0.2) is 0 Å². The lowest BCUT2D eigenvalue weighted by atomic mass is 9.79. The first-order valence-corrected chi connectivity index (χ1v) is 9.11. The lowest BCUT2D eigenvalue weighted by Crippen LogP contribution is -2.60. The highest BCUT2D eigenvalue weighted by Gasteiger charge is 2.39. The van der Waals surface area contributed by atoms with Gasteiger partial charge in [0.1, 0.15) is 0 Å². The maximum Gasteiger partial charge on any atom is 0.224 e. The highest BCUT2D eigenvalue weighted by Crippen LogP contribution is 2.34. The average Bonchev–Trinajstić information content (AvgIpc) is 2.62. The van der Waals surface area contributed by atoms with Gasteiger partial charge < -0.3 is 15.4 Å². The molecule has 0 bridgehead atoms. The maximum atomic E-state index is 12.5. The molecular weight excluding hydrogens is 278 g/mol. The highest BCUT2D eigenvalue weighted by atomic mass is 16.5. The Morgan fingerprint density at radius 2 is 1.95 bits per heavy atom. The Labute approximate surface area is 134 Å². The second-order valence-electron chi connectivity index (χ2n) is 7.15. The summed E-state index contributed by atoms with van der Waals surface area (Å²) in [6, 6.07) is 0. The minimum Gasteiger partial charge on any atom is -0.379 e. The van der Waals surface area contributed by atoms with E-state index >= 15 is 0 Å². The van der Waals surface area contributed by atoms with Gasteiger partial charge >= 0.3 is 0 Å². The van der Waals surface area contributed by atoms with E-state index in [1.54, 1.807) is 0 Å². The normalized spacial score (nSPS) is 29.9. The van der Waals surface area contributed by atoms with Gasteiger partial charge in [0.2, 0.25) is 5.91 Å². The molecule has 1 saturated carbocycles. The first-order valence-electron chi connectivity index (χ1n) is 9.11. The van der Waals surface area contributed by atoms with Gasteiger partial charge in [0.05, 0.1) is 19.1 Å². The molecule has 1 atom stereocenters. The van der Waals surface area contributed by atoms with Crippen molar-refractivity contribution in [3.8, 4) is 0 Å². The molecule has 3 aliphatic rings. The lowest BCUT2D eigenvalue weighted by Gasteiger charge is -2.48. The lowest BCUT2D eigenvalue weighted by molar-refractivity contribution is -0.126. The molecule has 1 unspecified atom stereocenters. The van der Waals surface area contributed by atoms with E-state index in [2.05, 4.69) is 15.5 Å². The Bertz CT molecular complexity index is 357. The van der Waals surface area contributed by atoms with Crippen molar-refractivity contribution < 1.29 is 9.53 Å². The van der Waals surface area contributed by atoms with Crippen molar-refractivity contribution in [3.63, 3.8) is 0 Å². The molecule has 5 heteroatoms. The summed E-state index contributed by atoms with van der Waals surface area (Å²) in [6.45, 7) is 6.42. The van der Waals surface area contributed by atoms with Crippen molar-refractivity contribution in [2.45, 2.75) is 50.5 Å². The van der Waals surface area contributed by atoms with Gasteiger partial charge in [0.15, 0.2) is 0 Å². The molecule has 0 aromatic rings. The topological polar surface area (TPSA) is 53.6 Å². The predicted molar refractivity (Wildman–Crippen MR) is 86.8 cm³/mol. The van der Waals surface area contributed by atoms with Crippen molar-refractivity contribution >= 4 is 5.91 Å². The molecule has 2 saturated heterocycles. The Morgan fingerprint density at radius 3 is 2.64 bits per heavy atom. The van der Waals surface area contributed by atoms with Crippen LogP contribution in [-0.2, 0) is 9.53 Å². The largest absolute Gasteiger partial charge is 0.379 e. The number of carbonyl (C=O) groups excluding carboxylic acids is 1. The molecule has 5 nitrogen and oxygen atoms in total.